The number of nitrogens with two attached hydrogens (primary N) is 1. The molecule has 0 aliphatic heterocycles. The van der Waals surface area contributed by atoms with E-state index in [1.54, 1.807) is 4.57 Å². The fraction of sp³-hybridized carbons (Fsp3) is 0.300. The van der Waals surface area contributed by atoms with Gasteiger partial charge in [0.2, 0.25) is 17.7 Å². The third-order valence-corrected chi connectivity index (χ3v) is 2.68. The Morgan fingerprint density at radius 3 is 2.95 bits per heavy atom. The molecule has 9 nitrogen and oxygen atoms in total. The van der Waals surface area contributed by atoms with Crippen LogP contribution in [0.25, 0.3) is 11.2 Å². The molecule has 0 aromatic carbocycles. The summed E-state index contributed by atoms with van der Waals surface area (Å²) in [5.41, 5.74) is 7.03. The number of rotatable bonds is 4. The van der Waals surface area contributed by atoms with Gasteiger partial charge in [-0.15, -0.1) is 0 Å². The van der Waals surface area contributed by atoms with Gasteiger partial charge in [0, 0.05) is 13.0 Å². The summed E-state index contributed by atoms with van der Waals surface area (Å²) in [6.45, 7) is 0.532. The van der Waals surface area contributed by atoms with Crippen molar-refractivity contribution in [2.75, 3.05) is 12.8 Å². The van der Waals surface area contributed by atoms with E-state index in [1.165, 1.54) is 19.8 Å². The molecule has 0 saturated carbocycles. The average Bonchev–Trinajstić information content (AvgIpc) is 3.03. The highest BCUT2D eigenvalue weighted by Gasteiger charge is 2.14. The number of aryl methyl sites for hydroxylation is 2. The second-order valence-corrected chi connectivity index (χ2v) is 3.76. The lowest BCUT2D eigenvalue weighted by Crippen LogP contribution is -2.06. The van der Waals surface area contributed by atoms with Crippen molar-refractivity contribution in [1.29, 1.82) is 0 Å². The number of hydrogen-bond acceptors (Lipinski definition) is 8. The van der Waals surface area contributed by atoms with Gasteiger partial charge in [-0.05, 0) is 0 Å². The Morgan fingerprint density at radius 2 is 2.21 bits per heavy atom. The molecule has 0 bridgehead atoms. The molecule has 0 aliphatic carbocycles. The summed E-state index contributed by atoms with van der Waals surface area (Å²) in [6, 6.07) is 0. The van der Waals surface area contributed by atoms with Crippen molar-refractivity contribution in [2.45, 2.75) is 13.0 Å². The predicted octanol–water partition coefficient (Wildman–Crippen LogP) is 0.0428. The average molecular weight is 261 g/mol. The van der Waals surface area contributed by atoms with Gasteiger partial charge in [-0.3, -0.25) is 4.57 Å². The number of nitrogens with zero attached hydrogens (tertiary/aromatic N) is 6. The summed E-state index contributed by atoms with van der Waals surface area (Å²) in [5.74, 6) is 1.27. The van der Waals surface area contributed by atoms with E-state index in [-0.39, 0.29) is 0 Å². The quantitative estimate of drug-likeness (QED) is 0.699. The molecule has 0 spiro atoms. The van der Waals surface area contributed by atoms with Crippen molar-refractivity contribution in [1.82, 2.24) is 29.7 Å². The molecule has 2 N–H and O–H groups in total. The minimum absolute atomic E-state index is 0.341. The van der Waals surface area contributed by atoms with Crippen LogP contribution in [0.1, 0.15) is 5.89 Å². The third-order valence-electron chi connectivity index (χ3n) is 2.68. The molecule has 0 fully saturated rings. The smallest absolute Gasteiger partial charge is 0.245 e. The molecule has 3 aromatic rings. The minimum atomic E-state index is 0.341. The first-order valence-corrected chi connectivity index (χ1v) is 5.56. The van der Waals surface area contributed by atoms with Crippen LogP contribution >= 0.6 is 0 Å². The fourth-order valence-electron chi connectivity index (χ4n) is 1.82. The Morgan fingerprint density at radius 1 is 1.32 bits per heavy atom. The lowest BCUT2D eigenvalue weighted by molar-refractivity contribution is 0.371. The zero-order valence-electron chi connectivity index (χ0n) is 10.1. The number of hydrogen-bond donors (Lipinski definition) is 1. The van der Waals surface area contributed by atoms with E-state index in [1.807, 2.05) is 0 Å². The number of nitrogen functional groups attached to an aromatic ring is 1. The molecule has 0 amide bonds. The highest BCUT2D eigenvalue weighted by Crippen LogP contribution is 2.22. The van der Waals surface area contributed by atoms with Crippen LogP contribution in [0.5, 0.6) is 5.88 Å². The fourth-order valence-corrected chi connectivity index (χ4v) is 1.82. The van der Waals surface area contributed by atoms with Gasteiger partial charge in [0.1, 0.15) is 6.33 Å². The molecule has 98 valence electrons. The number of anilines is 1. The molecule has 0 saturated heterocycles. The van der Waals surface area contributed by atoms with Gasteiger partial charge in [-0.2, -0.15) is 9.97 Å². The zero-order valence-corrected chi connectivity index (χ0v) is 10.1. The first kappa shape index (κ1) is 11.4. The molecule has 19 heavy (non-hydrogen) atoms. The van der Waals surface area contributed by atoms with Gasteiger partial charge >= 0.3 is 0 Å². The van der Waals surface area contributed by atoms with Crippen LogP contribution in [0.2, 0.25) is 0 Å². The Hall–Kier alpha value is -2.71. The van der Waals surface area contributed by atoms with Crippen molar-refractivity contribution in [3.63, 3.8) is 0 Å². The number of imidazole rings is 1. The second-order valence-electron chi connectivity index (χ2n) is 3.76. The van der Waals surface area contributed by atoms with Crippen LogP contribution in [0.15, 0.2) is 17.2 Å². The van der Waals surface area contributed by atoms with Crippen LogP contribution in [0, 0.1) is 0 Å². The van der Waals surface area contributed by atoms with Crippen LogP contribution in [0.3, 0.4) is 0 Å². The molecule has 0 aliphatic rings. The molecule has 3 heterocycles. The molecule has 3 aromatic heterocycles. The third kappa shape index (κ3) is 1.94. The van der Waals surface area contributed by atoms with Crippen molar-refractivity contribution in [3.8, 4) is 5.88 Å². The molecular weight excluding hydrogens is 250 g/mol. The summed E-state index contributed by atoms with van der Waals surface area (Å²) in [4.78, 5) is 16.3. The van der Waals surface area contributed by atoms with Gasteiger partial charge in [0.05, 0.1) is 7.11 Å². The Labute approximate surface area is 107 Å². The van der Waals surface area contributed by atoms with E-state index in [4.69, 9.17) is 15.0 Å². The van der Waals surface area contributed by atoms with Gasteiger partial charge in [-0.25, -0.2) is 9.97 Å². The van der Waals surface area contributed by atoms with E-state index in [0.717, 1.165) is 0 Å². The summed E-state index contributed by atoms with van der Waals surface area (Å²) in [7, 11) is 1.52. The normalized spacial score (nSPS) is 11.0. The highest BCUT2D eigenvalue weighted by atomic mass is 16.5. The van der Waals surface area contributed by atoms with Gasteiger partial charge < -0.3 is 15.0 Å². The van der Waals surface area contributed by atoms with E-state index in [9.17, 15) is 0 Å². The summed E-state index contributed by atoms with van der Waals surface area (Å²) in [5, 5.41) is 3.55. The number of methoxy groups -OCH3 is 1. The molecule has 0 unspecified atom stereocenters. The molecular formula is C10H11N7O2. The summed E-state index contributed by atoms with van der Waals surface area (Å²) >= 11 is 0. The summed E-state index contributed by atoms with van der Waals surface area (Å²) < 4.78 is 11.8. The van der Waals surface area contributed by atoms with Gasteiger partial charge in [0.25, 0.3) is 0 Å². The largest absolute Gasteiger partial charge is 0.479 e. The molecule has 9 heteroatoms. The molecule has 0 radical (unpaired) electrons. The monoisotopic (exact) mass is 261 g/mol. The zero-order chi connectivity index (χ0) is 13.2. The lowest BCUT2D eigenvalue weighted by atomic mass is 10.4. The molecule has 0 atom stereocenters. The topological polar surface area (TPSA) is 118 Å². The van der Waals surface area contributed by atoms with Crippen LogP contribution < -0.4 is 10.5 Å². The Kier molecular flexibility index (Phi) is 2.71. The van der Waals surface area contributed by atoms with Crippen LogP contribution in [0.4, 0.5) is 5.95 Å². The van der Waals surface area contributed by atoms with E-state index in [2.05, 4.69) is 25.1 Å². The van der Waals surface area contributed by atoms with Crippen molar-refractivity contribution >= 4 is 17.1 Å². The van der Waals surface area contributed by atoms with E-state index >= 15 is 0 Å². The SMILES string of the molecule is COc1ncnc2c1nc(N)n2CCc1ncno1. The van der Waals surface area contributed by atoms with E-state index in [0.29, 0.717) is 41.8 Å². The lowest BCUT2D eigenvalue weighted by Gasteiger charge is -2.03. The van der Waals surface area contributed by atoms with Crippen molar-refractivity contribution in [2.24, 2.45) is 0 Å². The number of fused-ring (bicyclic) bond motifs is 1. The first-order chi connectivity index (χ1) is 9.29. The predicted molar refractivity (Wildman–Crippen MR) is 64.3 cm³/mol. The number of ether oxygens (including phenoxy) is 1. The number of aromatic nitrogens is 6. The van der Waals surface area contributed by atoms with Crippen molar-refractivity contribution in [3.05, 3.63) is 18.5 Å². The summed E-state index contributed by atoms with van der Waals surface area (Å²) in [6.07, 6.45) is 3.31. The molecule has 3 rings (SSSR count). The standard InChI is InChI=1S/C10H11N7O2/c1-18-9-7-8(13-4-14-9)17(10(11)16-7)3-2-6-12-5-15-19-6/h4-5H,2-3H2,1H3,(H2,11,16). The van der Waals surface area contributed by atoms with Crippen LogP contribution in [-0.4, -0.2) is 36.8 Å². The van der Waals surface area contributed by atoms with Crippen molar-refractivity contribution < 1.29 is 9.26 Å². The Balaban J connectivity index is 1.96. The first-order valence-electron chi connectivity index (χ1n) is 5.56. The highest BCUT2D eigenvalue weighted by molar-refractivity contribution is 5.78. The Bertz CT molecular complexity index is 691. The van der Waals surface area contributed by atoms with Gasteiger partial charge in [-0.1, -0.05) is 5.16 Å². The maximum atomic E-state index is 5.88. The maximum absolute atomic E-state index is 5.88. The second kappa shape index (κ2) is 4.52. The maximum Gasteiger partial charge on any atom is 0.245 e. The minimum Gasteiger partial charge on any atom is -0.479 e. The van der Waals surface area contributed by atoms with Gasteiger partial charge in [0.15, 0.2) is 17.5 Å². The van der Waals surface area contributed by atoms with Crippen LogP contribution in [-0.2, 0) is 13.0 Å². The van der Waals surface area contributed by atoms with E-state index < -0.39 is 0 Å².